The summed E-state index contributed by atoms with van der Waals surface area (Å²) in [5.74, 6) is 2.56. The number of benzene rings is 2. The Morgan fingerprint density at radius 1 is 1.00 bits per heavy atom. The van der Waals surface area contributed by atoms with Crippen molar-refractivity contribution in [1.82, 2.24) is 15.0 Å². The number of fused-ring (bicyclic) bond motifs is 1. The van der Waals surface area contributed by atoms with Crippen molar-refractivity contribution in [3.05, 3.63) is 42.1 Å². The van der Waals surface area contributed by atoms with E-state index < -0.39 is 0 Å². The topological polar surface area (TPSA) is 67.6 Å². The molecule has 2 aromatic carbocycles. The third-order valence-corrected chi connectivity index (χ3v) is 4.44. The number of methoxy groups -OCH3 is 3. The largest absolute Gasteiger partial charge is 0.493 e. The second-order valence-corrected chi connectivity index (χ2v) is 5.84. The lowest BCUT2D eigenvalue weighted by atomic mass is 10.1. The van der Waals surface area contributed by atoms with E-state index in [1.54, 1.807) is 32.2 Å². The summed E-state index contributed by atoms with van der Waals surface area (Å²) in [6, 6.07) is 9.84. The van der Waals surface area contributed by atoms with Crippen LogP contribution in [0.3, 0.4) is 0 Å². The zero-order valence-electron chi connectivity index (χ0n) is 14.9. The Bertz CT molecular complexity index is 927. The van der Waals surface area contributed by atoms with Gasteiger partial charge in [0, 0.05) is 24.1 Å². The quantitative estimate of drug-likeness (QED) is 0.703. The Kier molecular flexibility index (Phi) is 4.12. The second-order valence-electron chi connectivity index (χ2n) is 5.84. The molecule has 0 unspecified atom stereocenters. The molecule has 0 aliphatic carbocycles. The van der Waals surface area contributed by atoms with Crippen LogP contribution in [0.2, 0.25) is 0 Å². The van der Waals surface area contributed by atoms with Crippen LogP contribution >= 0.6 is 0 Å². The highest BCUT2D eigenvalue weighted by Gasteiger charge is 2.19. The number of hydrogen-bond donors (Lipinski definition) is 0. The van der Waals surface area contributed by atoms with Gasteiger partial charge in [0.25, 0.3) is 0 Å². The van der Waals surface area contributed by atoms with Gasteiger partial charge in [-0.15, -0.1) is 5.10 Å². The Hall–Kier alpha value is -3.22. The zero-order valence-corrected chi connectivity index (χ0v) is 14.9. The lowest BCUT2D eigenvalue weighted by molar-refractivity contribution is 0.324. The first kappa shape index (κ1) is 16.3. The lowest BCUT2D eigenvalue weighted by Crippen LogP contribution is -2.02. The van der Waals surface area contributed by atoms with Crippen LogP contribution in [0, 0.1) is 0 Å². The summed E-state index contributed by atoms with van der Waals surface area (Å²) in [7, 11) is 4.74. The van der Waals surface area contributed by atoms with Crippen molar-refractivity contribution in [1.29, 1.82) is 0 Å². The second kappa shape index (κ2) is 6.59. The van der Waals surface area contributed by atoms with Crippen LogP contribution in [-0.4, -0.2) is 42.9 Å². The van der Waals surface area contributed by atoms with Gasteiger partial charge in [-0.2, -0.15) is 0 Å². The Morgan fingerprint density at radius 2 is 1.77 bits per heavy atom. The SMILES string of the molecule is COc1cc(-n2nncc2-c2ccc3c(c2)OCC3)cc(OC)c1OC. The van der Waals surface area contributed by atoms with E-state index in [1.165, 1.54) is 5.56 Å². The number of rotatable bonds is 5. The maximum absolute atomic E-state index is 5.68. The summed E-state index contributed by atoms with van der Waals surface area (Å²) in [6.45, 7) is 0.725. The number of ether oxygens (including phenoxy) is 4. The Labute approximate surface area is 151 Å². The van der Waals surface area contributed by atoms with E-state index >= 15 is 0 Å². The van der Waals surface area contributed by atoms with Gasteiger partial charge in [-0.05, 0) is 11.6 Å². The summed E-state index contributed by atoms with van der Waals surface area (Å²) >= 11 is 0. The molecule has 0 amide bonds. The molecule has 134 valence electrons. The van der Waals surface area contributed by atoms with Gasteiger partial charge in [-0.1, -0.05) is 17.3 Å². The van der Waals surface area contributed by atoms with Crippen molar-refractivity contribution in [3.8, 4) is 39.9 Å². The Morgan fingerprint density at radius 3 is 2.46 bits per heavy atom. The minimum Gasteiger partial charge on any atom is -0.493 e. The molecule has 0 saturated carbocycles. The van der Waals surface area contributed by atoms with Crippen LogP contribution in [0.5, 0.6) is 23.0 Å². The number of aromatic nitrogens is 3. The van der Waals surface area contributed by atoms with Gasteiger partial charge in [0.1, 0.15) is 5.75 Å². The molecule has 0 bridgehead atoms. The fraction of sp³-hybridized carbons (Fsp3) is 0.263. The maximum atomic E-state index is 5.68. The minimum absolute atomic E-state index is 0.534. The number of hydrogen-bond acceptors (Lipinski definition) is 6. The average Bonchev–Trinajstić information content (AvgIpc) is 3.35. The fourth-order valence-electron chi connectivity index (χ4n) is 3.14. The predicted octanol–water partition coefficient (Wildman–Crippen LogP) is 2.90. The molecule has 0 atom stereocenters. The molecular weight excluding hydrogens is 334 g/mol. The van der Waals surface area contributed by atoms with Crippen LogP contribution in [0.25, 0.3) is 16.9 Å². The third kappa shape index (κ3) is 2.61. The zero-order chi connectivity index (χ0) is 18.1. The van der Waals surface area contributed by atoms with E-state index in [-0.39, 0.29) is 0 Å². The first-order chi connectivity index (χ1) is 12.7. The molecule has 3 aromatic rings. The van der Waals surface area contributed by atoms with Gasteiger partial charge < -0.3 is 18.9 Å². The van der Waals surface area contributed by atoms with Crippen LogP contribution in [-0.2, 0) is 6.42 Å². The van der Waals surface area contributed by atoms with Crippen molar-refractivity contribution < 1.29 is 18.9 Å². The van der Waals surface area contributed by atoms with Crippen LogP contribution in [0.15, 0.2) is 36.5 Å². The Balaban J connectivity index is 1.82. The van der Waals surface area contributed by atoms with Crippen LogP contribution < -0.4 is 18.9 Å². The summed E-state index contributed by atoms with van der Waals surface area (Å²) in [6.07, 6.45) is 2.67. The summed E-state index contributed by atoms with van der Waals surface area (Å²) in [4.78, 5) is 0. The number of nitrogens with zero attached hydrogens (tertiary/aromatic N) is 3. The monoisotopic (exact) mass is 353 g/mol. The molecule has 0 radical (unpaired) electrons. The molecule has 0 N–H and O–H groups in total. The molecule has 0 fully saturated rings. The van der Waals surface area contributed by atoms with Crippen molar-refractivity contribution in [3.63, 3.8) is 0 Å². The predicted molar refractivity (Wildman–Crippen MR) is 95.7 cm³/mol. The molecule has 0 saturated heterocycles. The van der Waals surface area contributed by atoms with Crippen molar-refractivity contribution >= 4 is 0 Å². The molecule has 4 rings (SSSR count). The minimum atomic E-state index is 0.534. The normalized spacial score (nSPS) is 12.4. The molecule has 0 spiro atoms. The van der Waals surface area contributed by atoms with E-state index in [0.29, 0.717) is 17.2 Å². The van der Waals surface area contributed by atoms with E-state index in [0.717, 1.165) is 35.7 Å². The van der Waals surface area contributed by atoms with Crippen LogP contribution in [0.1, 0.15) is 5.56 Å². The van der Waals surface area contributed by atoms with Crippen molar-refractivity contribution in [2.75, 3.05) is 27.9 Å². The van der Waals surface area contributed by atoms with Crippen molar-refractivity contribution in [2.24, 2.45) is 0 Å². The van der Waals surface area contributed by atoms with Crippen LogP contribution in [0.4, 0.5) is 0 Å². The highest BCUT2D eigenvalue weighted by Crippen LogP contribution is 2.40. The fourth-order valence-corrected chi connectivity index (χ4v) is 3.14. The summed E-state index contributed by atoms with van der Waals surface area (Å²) in [5.41, 5.74) is 3.80. The van der Waals surface area contributed by atoms with Gasteiger partial charge in [-0.25, -0.2) is 4.68 Å². The molecule has 7 heteroatoms. The molecule has 1 aliphatic heterocycles. The van der Waals surface area contributed by atoms with Gasteiger partial charge in [0.2, 0.25) is 5.75 Å². The molecule has 7 nitrogen and oxygen atoms in total. The van der Waals surface area contributed by atoms with E-state index in [9.17, 15) is 0 Å². The van der Waals surface area contributed by atoms with E-state index in [1.807, 2.05) is 18.2 Å². The summed E-state index contributed by atoms with van der Waals surface area (Å²) < 4.78 is 23.7. The standard InChI is InChI=1S/C19H19N3O4/c1-23-17-9-14(10-18(24-2)19(17)25-3)22-15(11-20-21-22)13-5-4-12-6-7-26-16(12)8-13/h4-5,8-11H,6-7H2,1-3H3. The van der Waals surface area contributed by atoms with Gasteiger partial charge in [0.05, 0.1) is 45.5 Å². The first-order valence-electron chi connectivity index (χ1n) is 8.22. The molecular formula is C19H19N3O4. The average molecular weight is 353 g/mol. The molecule has 2 heterocycles. The molecule has 1 aromatic heterocycles. The van der Waals surface area contributed by atoms with E-state index in [2.05, 4.69) is 22.4 Å². The lowest BCUT2D eigenvalue weighted by Gasteiger charge is -2.15. The smallest absolute Gasteiger partial charge is 0.203 e. The first-order valence-corrected chi connectivity index (χ1v) is 8.22. The molecule has 1 aliphatic rings. The van der Waals surface area contributed by atoms with Gasteiger partial charge in [0.15, 0.2) is 11.5 Å². The molecule has 26 heavy (non-hydrogen) atoms. The van der Waals surface area contributed by atoms with Crippen molar-refractivity contribution in [2.45, 2.75) is 6.42 Å². The van der Waals surface area contributed by atoms with Gasteiger partial charge >= 0.3 is 0 Å². The third-order valence-electron chi connectivity index (χ3n) is 4.44. The van der Waals surface area contributed by atoms with Gasteiger partial charge in [-0.3, -0.25) is 0 Å². The maximum Gasteiger partial charge on any atom is 0.203 e. The van der Waals surface area contributed by atoms with E-state index in [4.69, 9.17) is 18.9 Å². The summed E-state index contributed by atoms with van der Waals surface area (Å²) in [5, 5.41) is 8.32. The highest BCUT2D eigenvalue weighted by molar-refractivity contribution is 5.66. The highest BCUT2D eigenvalue weighted by atomic mass is 16.5.